The molecule has 0 saturated carbocycles. The molecule has 0 aromatic heterocycles. The van der Waals surface area contributed by atoms with E-state index in [0.29, 0.717) is 19.1 Å². The third-order valence-corrected chi connectivity index (χ3v) is 4.27. The minimum absolute atomic E-state index is 0.245. The maximum atomic E-state index is 12.6. The van der Waals surface area contributed by atoms with Gasteiger partial charge < -0.3 is 9.64 Å². The molecule has 1 heterocycles. The lowest BCUT2D eigenvalue weighted by Crippen LogP contribution is -2.44. The van der Waals surface area contributed by atoms with Crippen LogP contribution in [0.25, 0.3) is 0 Å². The first-order valence-electron chi connectivity index (χ1n) is 8.18. The van der Waals surface area contributed by atoms with Crippen LogP contribution in [0.4, 0.5) is 0 Å². The molecule has 0 spiro atoms. The number of benzene rings is 1. The van der Waals surface area contributed by atoms with Gasteiger partial charge in [0.15, 0.2) is 0 Å². The maximum absolute atomic E-state index is 12.6. The van der Waals surface area contributed by atoms with Gasteiger partial charge in [-0.1, -0.05) is 30.3 Å². The van der Waals surface area contributed by atoms with Crippen LogP contribution in [0.1, 0.15) is 57.6 Å². The van der Waals surface area contributed by atoms with Crippen molar-refractivity contribution in [3.63, 3.8) is 0 Å². The summed E-state index contributed by atoms with van der Waals surface area (Å²) in [6.45, 7) is 5.57. The van der Waals surface area contributed by atoms with Gasteiger partial charge in [0.1, 0.15) is 0 Å². The van der Waals surface area contributed by atoms with E-state index in [1.54, 1.807) is 0 Å². The molecule has 2 rings (SSSR count). The number of carbonyl (C=O) groups is 1. The normalized spacial score (nSPS) is 22.3. The van der Waals surface area contributed by atoms with Crippen molar-refractivity contribution in [2.24, 2.45) is 0 Å². The number of hydrogen-bond donors (Lipinski definition) is 0. The summed E-state index contributed by atoms with van der Waals surface area (Å²) < 4.78 is 5.34. The smallest absolute Gasteiger partial charge is 0.223 e. The van der Waals surface area contributed by atoms with Gasteiger partial charge in [-0.05, 0) is 45.1 Å². The Morgan fingerprint density at radius 3 is 2.76 bits per heavy atom. The van der Waals surface area contributed by atoms with E-state index in [-0.39, 0.29) is 11.9 Å². The lowest BCUT2D eigenvalue weighted by atomic mass is 9.91. The first-order chi connectivity index (χ1) is 10.2. The molecule has 1 amide bonds. The van der Waals surface area contributed by atoms with E-state index in [1.165, 1.54) is 12.0 Å². The number of piperidine rings is 1. The summed E-state index contributed by atoms with van der Waals surface area (Å²) in [5, 5.41) is 0. The highest BCUT2D eigenvalue weighted by Gasteiger charge is 2.32. The van der Waals surface area contributed by atoms with Gasteiger partial charge in [0, 0.05) is 25.7 Å². The van der Waals surface area contributed by atoms with Crippen LogP contribution in [-0.4, -0.2) is 30.1 Å². The molecule has 2 unspecified atom stereocenters. The first-order valence-corrected chi connectivity index (χ1v) is 8.18. The molecule has 21 heavy (non-hydrogen) atoms. The Bertz CT molecular complexity index is 432. The highest BCUT2D eigenvalue weighted by Crippen LogP contribution is 2.34. The highest BCUT2D eigenvalue weighted by molar-refractivity contribution is 5.77. The zero-order valence-electron chi connectivity index (χ0n) is 13.3. The number of carbonyl (C=O) groups excluding carboxylic acids is 1. The molecule has 0 bridgehead atoms. The molecule has 0 aliphatic carbocycles. The van der Waals surface area contributed by atoms with Crippen molar-refractivity contribution in [2.75, 3.05) is 13.2 Å². The van der Waals surface area contributed by atoms with Gasteiger partial charge in [-0.15, -0.1) is 0 Å². The van der Waals surface area contributed by atoms with E-state index in [0.717, 1.165) is 25.9 Å². The van der Waals surface area contributed by atoms with Gasteiger partial charge in [-0.2, -0.15) is 0 Å². The number of hydrogen-bond acceptors (Lipinski definition) is 2. The van der Waals surface area contributed by atoms with E-state index in [1.807, 2.05) is 13.0 Å². The van der Waals surface area contributed by atoms with Crippen LogP contribution in [0.2, 0.25) is 0 Å². The molecule has 1 fully saturated rings. The second-order valence-electron chi connectivity index (χ2n) is 5.81. The van der Waals surface area contributed by atoms with Crippen LogP contribution in [0.15, 0.2) is 30.3 Å². The van der Waals surface area contributed by atoms with Crippen LogP contribution in [0, 0.1) is 0 Å². The summed E-state index contributed by atoms with van der Waals surface area (Å²) >= 11 is 0. The van der Waals surface area contributed by atoms with Crippen LogP contribution >= 0.6 is 0 Å². The lowest BCUT2D eigenvalue weighted by molar-refractivity contribution is -0.138. The zero-order valence-corrected chi connectivity index (χ0v) is 13.3. The molecule has 3 heteroatoms. The minimum Gasteiger partial charge on any atom is -0.382 e. The number of likely N-dealkylation sites (tertiary alicyclic amines) is 1. The highest BCUT2D eigenvalue weighted by atomic mass is 16.5. The predicted octanol–water partition coefficient (Wildman–Crippen LogP) is 3.95. The fraction of sp³-hybridized carbons (Fsp3) is 0.611. The molecule has 1 saturated heterocycles. The molecule has 0 radical (unpaired) electrons. The summed E-state index contributed by atoms with van der Waals surface area (Å²) in [7, 11) is 0. The summed E-state index contributed by atoms with van der Waals surface area (Å²) in [6, 6.07) is 11.0. The second kappa shape index (κ2) is 8.18. The van der Waals surface area contributed by atoms with Crippen molar-refractivity contribution in [3.05, 3.63) is 35.9 Å². The Hall–Kier alpha value is -1.35. The van der Waals surface area contributed by atoms with Crippen molar-refractivity contribution in [3.8, 4) is 0 Å². The first kappa shape index (κ1) is 16.0. The SMILES string of the molecule is CCOCCCC(=O)N1C(C)CCCC1c1ccccc1. The Labute approximate surface area is 128 Å². The maximum Gasteiger partial charge on any atom is 0.223 e. The molecule has 3 nitrogen and oxygen atoms in total. The van der Waals surface area contributed by atoms with Crippen molar-refractivity contribution in [2.45, 2.75) is 58.0 Å². The van der Waals surface area contributed by atoms with Crippen molar-refractivity contribution >= 4 is 5.91 Å². The summed E-state index contributed by atoms with van der Waals surface area (Å²) in [4.78, 5) is 14.7. The second-order valence-corrected chi connectivity index (χ2v) is 5.81. The van der Waals surface area contributed by atoms with Gasteiger partial charge in [0.25, 0.3) is 0 Å². The molecule has 2 atom stereocenters. The minimum atomic E-state index is 0.245. The monoisotopic (exact) mass is 289 g/mol. The average Bonchev–Trinajstić information content (AvgIpc) is 2.52. The molecule has 0 N–H and O–H groups in total. The van der Waals surface area contributed by atoms with Gasteiger partial charge >= 0.3 is 0 Å². The summed E-state index contributed by atoms with van der Waals surface area (Å²) in [6.07, 6.45) is 4.79. The Balaban J connectivity index is 2.03. The molecule has 116 valence electrons. The molecular formula is C18H27NO2. The standard InChI is InChI=1S/C18H27NO2/c1-3-21-14-8-13-18(20)19-15(2)9-7-12-17(19)16-10-5-4-6-11-16/h4-6,10-11,15,17H,3,7-9,12-14H2,1-2H3. The number of nitrogens with zero attached hydrogens (tertiary/aromatic N) is 1. The predicted molar refractivity (Wildman–Crippen MR) is 85.1 cm³/mol. The largest absolute Gasteiger partial charge is 0.382 e. The lowest BCUT2D eigenvalue weighted by Gasteiger charge is -2.41. The Morgan fingerprint density at radius 1 is 1.29 bits per heavy atom. The van der Waals surface area contributed by atoms with E-state index >= 15 is 0 Å². The van der Waals surface area contributed by atoms with Gasteiger partial charge in [0.2, 0.25) is 5.91 Å². The Kier molecular flexibility index (Phi) is 6.24. The number of amides is 1. The molecule has 1 aliphatic rings. The molecule has 1 aromatic carbocycles. The van der Waals surface area contributed by atoms with E-state index in [4.69, 9.17) is 4.74 Å². The third-order valence-electron chi connectivity index (χ3n) is 4.27. The van der Waals surface area contributed by atoms with E-state index in [2.05, 4.69) is 36.1 Å². The number of ether oxygens (including phenoxy) is 1. The Morgan fingerprint density at radius 2 is 2.05 bits per heavy atom. The summed E-state index contributed by atoms with van der Waals surface area (Å²) in [5.74, 6) is 0.274. The molecule has 1 aromatic rings. The van der Waals surface area contributed by atoms with Gasteiger partial charge in [-0.25, -0.2) is 0 Å². The quantitative estimate of drug-likeness (QED) is 0.742. The third kappa shape index (κ3) is 4.31. The van der Waals surface area contributed by atoms with E-state index in [9.17, 15) is 4.79 Å². The van der Waals surface area contributed by atoms with Gasteiger partial charge in [0.05, 0.1) is 6.04 Å². The van der Waals surface area contributed by atoms with Crippen LogP contribution < -0.4 is 0 Å². The van der Waals surface area contributed by atoms with Crippen molar-refractivity contribution in [1.29, 1.82) is 0 Å². The fourth-order valence-electron chi connectivity index (χ4n) is 3.21. The van der Waals surface area contributed by atoms with Crippen LogP contribution in [0.5, 0.6) is 0 Å². The number of rotatable bonds is 6. The van der Waals surface area contributed by atoms with Crippen molar-refractivity contribution < 1.29 is 9.53 Å². The molecular weight excluding hydrogens is 262 g/mol. The van der Waals surface area contributed by atoms with Crippen LogP contribution in [-0.2, 0) is 9.53 Å². The fourth-order valence-corrected chi connectivity index (χ4v) is 3.21. The van der Waals surface area contributed by atoms with Gasteiger partial charge in [-0.3, -0.25) is 4.79 Å². The summed E-state index contributed by atoms with van der Waals surface area (Å²) in [5.41, 5.74) is 1.27. The molecule has 1 aliphatic heterocycles. The zero-order chi connectivity index (χ0) is 15.1. The topological polar surface area (TPSA) is 29.5 Å². The van der Waals surface area contributed by atoms with E-state index < -0.39 is 0 Å². The average molecular weight is 289 g/mol. The van der Waals surface area contributed by atoms with Crippen molar-refractivity contribution in [1.82, 2.24) is 4.90 Å². The van der Waals surface area contributed by atoms with Crippen LogP contribution in [0.3, 0.4) is 0 Å².